The minimum atomic E-state index is -0.265. The number of ketones is 1. The monoisotopic (exact) mass is 482 g/mol. The van der Waals surface area contributed by atoms with Gasteiger partial charge in [-0.05, 0) is 41.8 Å². The van der Waals surface area contributed by atoms with Gasteiger partial charge in [-0.25, -0.2) is 0 Å². The van der Waals surface area contributed by atoms with Crippen molar-refractivity contribution < 1.29 is 19.1 Å². The molecule has 2 fully saturated rings. The molecule has 2 aromatic rings. The molecule has 0 radical (unpaired) electrons. The highest BCUT2D eigenvalue weighted by Gasteiger charge is 2.45. The zero-order valence-electron chi connectivity index (χ0n) is 19.6. The van der Waals surface area contributed by atoms with Crippen LogP contribution in [0, 0.1) is 5.92 Å². The minimum absolute atomic E-state index is 0.104. The van der Waals surface area contributed by atoms with Crippen LogP contribution in [0.15, 0.2) is 53.9 Å². The van der Waals surface area contributed by atoms with E-state index < -0.39 is 0 Å². The minimum Gasteiger partial charge on any atom is -0.379 e. The molecule has 2 heterocycles. The number of primary amides is 1. The van der Waals surface area contributed by atoms with Crippen LogP contribution in [0.2, 0.25) is 0 Å². The Bertz CT molecular complexity index is 952. The van der Waals surface area contributed by atoms with Crippen molar-refractivity contribution in [2.75, 3.05) is 26.3 Å². The van der Waals surface area contributed by atoms with Crippen LogP contribution in [0.3, 0.4) is 0 Å². The number of hydrogen-bond acceptors (Lipinski definition) is 6. The number of unbranched alkanes of at least 4 members (excludes halogenated alkanes) is 1. The van der Waals surface area contributed by atoms with Gasteiger partial charge in [-0.1, -0.05) is 42.5 Å². The Morgan fingerprint density at radius 1 is 1.18 bits per heavy atom. The SMILES string of the molecule is NC(=O)CCCC=CC[C@H]1[C@@H](OCc2ccc(-c3cccs3)cc2)CC(=O)[C@@H]1N1CCOCC1. The second-order valence-corrected chi connectivity index (χ2v) is 9.96. The fraction of sp³-hybridized carbons (Fsp3) is 0.481. The molecule has 1 aliphatic heterocycles. The van der Waals surface area contributed by atoms with Gasteiger partial charge in [0.15, 0.2) is 5.78 Å². The zero-order valence-corrected chi connectivity index (χ0v) is 20.4. The highest BCUT2D eigenvalue weighted by Crippen LogP contribution is 2.34. The molecule has 6 nitrogen and oxygen atoms in total. The molecule has 182 valence electrons. The van der Waals surface area contributed by atoms with Crippen LogP contribution >= 0.6 is 11.3 Å². The van der Waals surface area contributed by atoms with E-state index in [1.807, 2.05) is 0 Å². The molecular formula is C27H34N2O4S. The lowest BCUT2D eigenvalue weighted by molar-refractivity contribution is -0.124. The number of amides is 1. The summed E-state index contributed by atoms with van der Waals surface area (Å²) in [6.45, 7) is 3.40. The molecule has 2 aliphatic rings. The molecule has 4 rings (SSSR count). The Kier molecular flexibility index (Phi) is 9.04. The lowest BCUT2D eigenvalue weighted by Crippen LogP contribution is -2.49. The molecule has 0 bridgehead atoms. The van der Waals surface area contributed by atoms with Gasteiger partial charge >= 0.3 is 0 Å². The van der Waals surface area contributed by atoms with E-state index >= 15 is 0 Å². The van der Waals surface area contributed by atoms with Gasteiger partial charge in [0.2, 0.25) is 5.91 Å². The van der Waals surface area contributed by atoms with Crippen molar-refractivity contribution in [1.29, 1.82) is 0 Å². The number of ether oxygens (including phenoxy) is 2. The molecule has 1 saturated carbocycles. The fourth-order valence-electron chi connectivity index (χ4n) is 4.88. The number of thiophene rings is 1. The largest absolute Gasteiger partial charge is 0.379 e. The Hall–Kier alpha value is -2.32. The molecule has 0 unspecified atom stereocenters. The third kappa shape index (κ3) is 6.63. The second-order valence-electron chi connectivity index (χ2n) is 9.02. The van der Waals surface area contributed by atoms with E-state index in [9.17, 15) is 9.59 Å². The third-order valence-electron chi connectivity index (χ3n) is 6.65. The molecular weight excluding hydrogens is 448 g/mol. The lowest BCUT2D eigenvalue weighted by Gasteiger charge is -2.35. The van der Waals surface area contributed by atoms with Gasteiger partial charge in [0, 0.05) is 36.7 Å². The number of Topliss-reactive ketones (excluding diaryl/α,β-unsaturated/α-hetero) is 1. The maximum atomic E-state index is 13.1. The number of carbonyl (C=O) groups is 2. The number of carbonyl (C=O) groups excluding carboxylic acids is 2. The Morgan fingerprint density at radius 3 is 2.68 bits per heavy atom. The van der Waals surface area contributed by atoms with Gasteiger partial charge < -0.3 is 15.2 Å². The van der Waals surface area contributed by atoms with Gasteiger partial charge in [0.05, 0.1) is 32.0 Å². The smallest absolute Gasteiger partial charge is 0.217 e. The van der Waals surface area contributed by atoms with Crippen molar-refractivity contribution in [3.05, 3.63) is 59.5 Å². The fourth-order valence-corrected chi connectivity index (χ4v) is 5.62. The summed E-state index contributed by atoms with van der Waals surface area (Å²) in [4.78, 5) is 27.5. The van der Waals surface area contributed by atoms with Gasteiger partial charge in [0.1, 0.15) is 0 Å². The third-order valence-corrected chi connectivity index (χ3v) is 7.57. The van der Waals surface area contributed by atoms with Gasteiger partial charge in [-0.15, -0.1) is 11.3 Å². The topological polar surface area (TPSA) is 81.9 Å². The maximum absolute atomic E-state index is 13.1. The van der Waals surface area contributed by atoms with E-state index in [2.05, 4.69) is 58.8 Å². The molecule has 3 atom stereocenters. The van der Waals surface area contributed by atoms with Crippen LogP contribution in [0.25, 0.3) is 10.4 Å². The lowest BCUT2D eigenvalue weighted by atomic mass is 9.95. The average Bonchev–Trinajstić information content (AvgIpc) is 3.49. The Labute approximate surface area is 205 Å². The normalized spacial score (nSPS) is 23.6. The van der Waals surface area contributed by atoms with Crippen LogP contribution in [-0.2, 0) is 25.7 Å². The Morgan fingerprint density at radius 2 is 1.97 bits per heavy atom. The van der Waals surface area contributed by atoms with E-state index in [4.69, 9.17) is 15.2 Å². The predicted octanol–water partition coefficient (Wildman–Crippen LogP) is 4.19. The zero-order chi connectivity index (χ0) is 23.8. The number of rotatable bonds is 11. The number of allylic oxidation sites excluding steroid dienone is 2. The summed E-state index contributed by atoms with van der Waals surface area (Å²) in [5.41, 5.74) is 7.55. The molecule has 1 aromatic heterocycles. The van der Waals surface area contributed by atoms with Crippen molar-refractivity contribution in [1.82, 2.24) is 4.90 Å². The van der Waals surface area contributed by atoms with Crippen LogP contribution in [0.5, 0.6) is 0 Å². The van der Waals surface area contributed by atoms with E-state index in [1.165, 1.54) is 10.4 Å². The number of morpholine rings is 1. The first kappa shape index (κ1) is 24.8. The van der Waals surface area contributed by atoms with Gasteiger partial charge in [-0.2, -0.15) is 0 Å². The molecule has 7 heteroatoms. The summed E-state index contributed by atoms with van der Waals surface area (Å²) in [6.07, 6.45) is 7.35. The standard InChI is InChI=1S/C27H34N2O4S/c28-26(31)8-4-2-1-3-6-22-24(18-23(30)27(22)29-13-15-32-16-14-29)33-19-20-9-11-21(12-10-20)25-7-5-17-34-25/h1,3,5,7,9-12,17,22,24,27H,2,4,6,8,13-16,18-19H2,(H2,28,31)/t22-,24-,27+/m0/s1. The summed E-state index contributed by atoms with van der Waals surface area (Å²) in [5.74, 6) is 0.120. The first-order valence-corrected chi connectivity index (χ1v) is 13.0. The summed E-state index contributed by atoms with van der Waals surface area (Å²) in [7, 11) is 0. The summed E-state index contributed by atoms with van der Waals surface area (Å²) in [5, 5.41) is 2.08. The summed E-state index contributed by atoms with van der Waals surface area (Å²) in [6, 6.07) is 12.5. The highest BCUT2D eigenvalue weighted by molar-refractivity contribution is 7.13. The Balaban J connectivity index is 1.38. The maximum Gasteiger partial charge on any atom is 0.217 e. The second kappa shape index (κ2) is 12.4. The quantitative estimate of drug-likeness (QED) is 0.384. The van der Waals surface area contributed by atoms with Crippen LogP contribution < -0.4 is 5.73 Å². The van der Waals surface area contributed by atoms with Gasteiger partial charge in [-0.3, -0.25) is 14.5 Å². The van der Waals surface area contributed by atoms with Crippen molar-refractivity contribution in [2.24, 2.45) is 11.7 Å². The van der Waals surface area contributed by atoms with E-state index in [1.54, 1.807) is 11.3 Å². The molecule has 2 N–H and O–H groups in total. The number of nitrogens with zero attached hydrogens (tertiary/aromatic N) is 1. The van der Waals surface area contributed by atoms with Crippen molar-refractivity contribution in [2.45, 2.75) is 50.9 Å². The molecule has 1 aromatic carbocycles. The molecule has 1 saturated heterocycles. The molecule has 1 amide bonds. The average molecular weight is 483 g/mol. The van der Waals surface area contributed by atoms with Crippen molar-refractivity contribution in [3.63, 3.8) is 0 Å². The van der Waals surface area contributed by atoms with Crippen LogP contribution in [0.1, 0.15) is 37.7 Å². The highest BCUT2D eigenvalue weighted by atomic mass is 32.1. The molecule has 0 spiro atoms. The van der Waals surface area contributed by atoms with Crippen molar-refractivity contribution >= 4 is 23.0 Å². The van der Waals surface area contributed by atoms with E-state index in [-0.39, 0.29) is 29.8 Å². The first-order valence-electron chi connectivity index (χ1n) is 12.1. The predicted molar refractivity (Wildman–Crippen MR) is 134 cm³/mol. The summed E-state index contributed by atoms with van der Waals surface area (Å²) < 4.78 is 11.9. The van der Waals surface area contributed by atoms with Crippen LogP contribution in [0.4, 0.5) is 0 Å². The van der Waals surface area contributed by atoms with Crippen LogP contribution in [-0.4, -0.2) is 55.0 Å². The number of hydrogen-bond donors (Lipinski definition) is 1. The van der Waals surface area contributed by atoms with Crippen molar-refractivity contribution in [3.8, 4) is 10.4 Å². The summed E-state index contributed by atoms with van der Waals surface area (Å²) >= 11 is 1.73. The number of nitrogens with two attached hydrogens (primary N) is 1. The molecule has 1 aliphatic carbocycles. The first-order chi connectivity index (χ1) is 16.6. The van der Waals surface area contributed by atoms with Gasteiger partial charge in [0.25, 0.3) is 0 Å². The molecule has 34 heavy (non-hydrogen) atoms. The van der Waals surface area contributed by atoms with E-state index in [0.29, 0.717) is 32.7 Å². The van der Waals surface area contributed by atoms with E-state index in [0.717, 1.165) is 37.9 Å². The number of benzene rings is 1.